The lowest BCUT2D eigenvalue weighted by molar-refractivity contribution is -0.130. The minimum Gasteiger partial charge on any atom is -0.339 e. The van der Waals surface area contributed by atoms with E-state index >= 15 is 0 Å². The molecule has 1 aliphatic carbocycles. The summed E-state index contributed by atoms with van der Waals surface area (Å²) in [5, 5.41) is 1.83. The largest absolute Gasteiger partial charge is 0.339 e. The molecule has 1 saturated heterocycles. The zero-order valence-electron chi connectivity index (χ0n) is 18.2. The van der Waals surface area contributed by atoms with Crippen LogP contribution in [0.2, 0.25) is 5.02 Å². The van der Waals surface area contributed by atoms with Crippen LogP contribution in [0.25, 0.3) is 10.9 Å². The fraction of sp³-hybridized carbons (Fsp3) is 0.385. The molecule has 32 heavy (non-hydrogen) atoms. The first-order chi connectivity index (χ1) is 15.7. The fourth-order valence-corrected chi connectivity index (χ4v) is 6.08. The standard InChI is InChI=1S/C26H28ClN3OS/c27-20-10-11-22-24(16-20)28-23-9-5-4-8-21(23)26(22)32-18-25(31)30-14-12-29(13-15-30)17-19-6-2-1-3-7-19/h1-3,6-7,10-11,16H,4-5,8-9,12-15,17-18H2. The maximum atomic E-state index is 13.0. The lowest BCUT2D eigenvalue weighted by Crippen LogP contribution is -2.48. The van der Waals surface area contributed by atoms with Crippen LogP contribution < -0.4 is 0 Å². The van der Waals surface area contributed by atoms with Gasteiger partial charge >= 0.3 is 0 Å². The van der Waals surface area contributed by atoms with Crippen LogP contribution in [0.4, 0.5) is 0 Å². The maximum Gasteiger partial charge on any atom is 0.233 e. The van der Waals surface area contributed by atoms with Crippen molar-refractivity contribution in [2.45, 2.75) is 37.1 Å². The summed E-state index contributed by atoms with van der Waals surface area (Å²) in [4.78, 5) is 23.6. The van der Waals surface area contributed by atoms with Crippen molar-refractivity contribution in [3.05, 3.63) is 70.4 Å². The van der Waals surface area contributed by atoms with Crippen LogP contribution in [0.15, 0.2) is 53.4 Å². The Labute approximate surface area is 199 Å². The number of hydrogen-bond donors (Lipinski definition) is 0. The highest BCUT2D eigenvalue weighted by molar-refractivity contribution is 8.00. The molecule has 2 heterocycles. The van der Waals surface area contributed by atoms with Crippen molar-refractivity contribution in [2.75, 3.05) is 31.9 Å². The number of amides is 1. The number of thioether (sulfide) groups is 1. The summed E-state index contributed by atoms with van der Waals surface area (Å²) >= 11 is 7.92. The molecule has 2 aliphatic rings. The van der Waals surface area contributed by atoms with E-state index in [1.807, 2.05) is 17.0 Å². The number of nitrogens with zero attached hydrogens (tertiary/aromatic N) is 3. The summed E-state index contributed by atoms with van der Waals surface area (Å²) in [5.74, 6) is 0.713. The van der Waals surface area contributed by atoms with Gasteiger partial charge in [-0.2, -0.15) is 0 Å². The lowest BCUT2D eigenvalue weighted by Gasteiger charge is -2.34. The van der Waals surface area contributed by atoms with Crippen molar-refractivity contribution in [3.8, 4) is 0 Å². The van der Waals surface area contributed by atoms with Gasteiger partial charge < -0.3 is 4.90 Å². The van der Waals surface area contributed by atoms with Gasteiger partial charge in [0.15, 0.2) is 0 Å². The number of benzene rings is 2. The van der Waals surface area contributed by atoms with Crippen LogP contribution in [0, 0.1) is 0 Å². The second kappa shape index (κ2) is 9.82. The van der Waals surface area contributed by atoms with Gasteiger partial charge in [-0.15, -0.1) is 11.8 Å². The van der Waals surface area contributed by atoms with E-state index < -0.39 is 0 Å². The van der Waals surface area contributed by atoms with Crippen molar-refractivity contribution in [2.24, 2.45) is 0 Å². The van der Waals surface area contributed by atoms with Crippen molar-refractivity contribution < 1.29 is 4.79 Å². The first-order valence-corrected chi connectivity index (χ1v) is 12.8. The van der Waals surface area contributed by atoms with Crippen LogP contribution in [-0.4, -0.2) is 52.6 Å². The van der Waals surface area contributed by atoms with Gasteiger partial charge in [0.25, 0.3) is 0 Å². The topological polar surface area (TPSA) is 36.4 Å². The fourth-order valence-electron chi connectivity index (χ4n) is 4.74. The molecule has 0 bridgehead atoms. The highest BCUT2D eigenvalue weighted by Gasteiger charge is 2.23. The van der Waals surface area contributed by atoms with Crippen LogP contribution in [0.3, 0.4) is 0 Å². The number of fused-ring (bicyclic) bond motifs is 2. The molecule has 1 aliphatic heterocycles. The molecule has 166 valence electrons. The highest BCUT2D eigenvalue weighted by atomic mass is 35.5. The molecule has 0 N–H and O–H groups in total. The molecule has 2 aromatic carbocycles. The molecular weight excluding hydrogens is 438 g/mol. The third-order valence-electron chi connectivity index (χ3n) is 6.49. The molecule has 0 saturated carbocycles. The van der Waals surface area contributed by atoms with E-state index in [1.54, 1.807) is 11.8 Å². The molecule has 1 aromatic heterocycles. The van der Waals surface area contributed by atoms with E-state index in [9.17, 15) is 4.79 Å². The van der Waals surface area contributed by atoms with Gasteiger partial charge in [0.1, 0.15) is 0 Å². The van der Waals surface area contributed by atoms with Crippen molar-refractivity contribution in [1.82, 2.24) is 14.8 Å². The minimum atomic E-state index is 0.234. The van der Waals surface area contributed by atoms with Gasteiger partial charge in [-0.3, -0.25) is 14.7 Å². The van der Waals surface area contributed by atoms with Gasteiger partial charge in [0.05, 0.1) is 11.3 Å². The average Bonchev–Trinajstić information content (AvgIpc) is 2.82. The van der Waals surface area contributed by atoms with E-state index in [0.717, 1.165) is 56.5 Å². The van der Waals surface area contributed by atoms with Crippen LogP contribution in [-0.2, 0) is 24.2 Å². The predicted octanol–water partition coefficient (Wildman–Crippen LogP) is 5.20. The van der Waals surface area contributed by atoms with Crippen LogP contribution in [0.1, 0.15) is 29.7 Å². The summed E-state index contributed by atoms with van der Waals surface area (Å²) < 4.78 is 0. The number of piperazine rings is 1. The molecular formula is C26H28ClN3OS. The number of rotatable bonds is 5. The second-order valence-corrected chi connectivity index (χ2v) is 10.1. The van der Waals surface area contributed by atoms with E-state index in [4.69, 9.17) is 16.6 Å². The molecule has 4 nitrogen and oxygen atoms in total. The van der Waals surface area contributed by atoms with Gasteiger partial charge in [0, 0.05) is 53.7 Å². The first kappa shape index (κ1) is 21.7. The number of hydrogen-bond acceptors (Lipinski definition) is 4. The van der Waals surface area contributed by atoms with Gasteiger partial charge in [-0.1, -0.05) is 48.0 Å². The molecule has 0 unspecified atom stereocenters. The monoisotopic (exact) mass is 465 g/mol. The molecule has 1 fully saturated rings. The lowest BCUT2D eigenvalue weighted by atomic mass is 9.94. The van der Waals surface area contributed by atoms with Crippen molar-refractivity contribution in [1.29, 1.82) is 0 Å². The molecule has 6 heteroatoms. The zero-order valence-corrected chi connectivity index (χ0v) is 19.8. The van der Waals surface area contributed by atoms with Gasteiger partial charge in [-0.25, -0.2) is 0 Å². The molecule has 5 rings (SSSR count). The Kier molecular flexibility index (Phi) is 6.67. The number of carbonyl (C=O) groups excluding carboxylic acids is 1. The third-order valence-corrected chi connectivity index (χ3v) is 7.87. The quantitative estimate of drug-likeness (QED) is 0.485. The maximum absolute atomic E-state index is 13.0. The SMILES string of the molecule is O=C(CSc1c2c(nc3cc(Cl)ccc13)CCCC2)N1CCN(Cc2ccccc2)CC1. The summed E-state index contributed by atoms with van der Waals surface area (Å²) in [6, 6.07) is 16.5. The number of aryl methyl sites for hydroxylation is 1. The molecule has 3 aromatic rings. The Morgan fingerprint density at radius 1 is 1.00 bits per heavy atom. The highest BCUT2D eigenvalue weighted by Crippen LogP contribution is 2.37. The van der Waals surface area contributed by atoms with E-state index in [-0.39, 0.29) is 5.91 Å². The van der Waals surface area contributed by atoms with E-state index in [0.29, 0.717) is 10.8 Å². The second-order valence-electron chi connectivity index (χ2n) is 8.67. The smallest absolute Gasteiger partial charge is 0.233 e. The Balaban J connectivity index is 1.25. The predicted molar refractivity (Wildman–Crippen MR) is 132 cm³/mol. The molecule has 1 amide bonds. The number of pyridine rings is 1. The molecule has 0 atom stereocenters. The van der Waals surface area contributed by atoms with Gasteiger partial charge in [-0.05, 0) is 48.9 Å². The van der Waals surface area contributed by atoms with Crippen LogP contribution in [0.5, 0.6) is 0 Å². The van der Waals surface area contributed by atoms with E-state index in [2.05, 4.69) is 41.3 Å². The minimum absolute atomic E-state index is 0.234. The Morgan fingerprint density at radius 2 is 1.78 bits per heavy atom. The number of carbonyl (C=O) groups is 1. The van der Waals surface area contributed by atoms with Crippen molar-refractivity contribution in [3.63, 3.8) is 0 Å². The number of aromatic nitrogens is 1. The molecule has 0 radical (unpaired) electrons. The first-order valence-electron chi connectivity index (χ1n) is 11.5. The van der Waals surface area contributed by atoms with Crippen molar-refractivity contribution >= 4 is 40.2 Å². The van der Waals surface area contributed by atoms with E-state index in [1.165, 1.54) is 34.6 Å². The summed E-state index contributed by atoms with van der Waals surface area (Å²) in [7, 11) is 0. The van der Waals surface area contributed by atoms with Crippen LogP contribution >= 0.6 is 23.4 Å². The Hall–Kier alpha value is -2.08. The molecule has 0 spiro atoms. The summed E-state index contributed by atoms with van der Waals surface area (Å²) in [6.07, 6.45) is 4.44. The summed E-state index contributed by atoms with van der Waals surface area (Å²) in [5.41, 5.74) is 4.81. The third kappa shape index (κ3) is 4.80. The normalized spacial score (nSPS) is 16.8. The Morgan fingerprint density at radius 3 is 2.59 bits per heavy atom. The zero-order chi connectivity index (χ0) is 21.9. The van der Waals surface area contributed by atoms with Gasteiger partial charge in [0.2, 0.25) is 5.91 Å². The Bertz CT molecular complexity index is 1110. The summed E-state index contributed by atoms with van der Waals surface area (Å²) in [6.45, 7) is 4.41. The average molecular weight is 466 g/mol. The number of halogens is 1.